The van der Waals surface area contributed by atoms with Crippen LogP contribution in [0.5, 0.6) is 0 Å². The SMILES string of the molecule is CCNC(=NCC1CCCN1Cc1ccccc1)NCCN1CCS(=O)(=O)CC1.I. The third-order valence-corrected chi connectivity index (χ3v) is 7.30. The number of halogens is 1. The van der Waals surface area contributed by atoms with Gasteiger partial charge in [-0.15, -0.1) is 24.0 Å². The molecule has 0 amide bonds. The van der Waals surface area contributed by atoms with E-state index in [-0.39, 0.29) is 35.5 Å². The lowest BCUT2D eigenvalue weighted by molar-refractivity contribution is 0.250. The van der Waals surface area contributed by atoms with Crippen LogP contribution in [0.4, 0.5) is 0 Å². The van der Waals surface area contributed by atoms with Crippen molar-refractivity contribution in [2.45, 2.75) is 32.4 Å². The summed E-state index contributed by atoms with van der Waals surface area (Å²) < 4.78 is 23.1. The van der Waals surface area contributed by atoms with Gasteiger partial charge in [0.05, 0.1) is 18.1 Å². The maximum atomic E-state index is 11.5. The molecule has 170 valence electrons. The standard InChI is InChI=1S/C21H35N5O2S.HI/c1-2-22-21(23-10-12-25-13-15-29(27,28)16-14-25)24-17-20-9-6-11-26(20)18-19-7-4-3-5-8-19;/h3-5,7-8,20H,2,6,9-18H2,1H3,(H2,22,23,24);1H. The number of nitrogens with one attached hydrogen (secondary N) is 2. The molecule has 2 N–H and O–H groups in total. The average Bonchev–Trinajstić information content (AvgIpc) is 3.15. The molecule has 2 heterocycles. The summed E-state index contributed by atoms with van der Waals surface area (Å²) in [5, 5.41) is 6.73. The number of aliphatic imine (C=N–C) groups is 1. The molecule has 0 spiro atoms. The van der Waals surface area contributed by atoms with Gasteiger partial charge in [-0.2, -0.15) is 0 Å². The second-order valence-electron chi connectivity index (χ2n) is 7.89. The molecule has 30 heavy (non-hydrogen) atoms. The summed E-state index contributed by atoms with van der Waals surface area (Å²) >= 11 is 0. The molecule has 0 aliphatic carbocycles. The van der Waals surface area contributed by atoms with Crippen molar-refractivity contribution < 1.29 is 8.42 Å². The van der Waals surface area contributed by atoms with Crippen molar-refractivity contribution in [1.29, 1.82) is 0 Å². The van der Waals surface area contributed by atoms with E-state index in [2.05, 4.69) is 57.7 Å². The first-order chi connectivity index (χ1) is 14.1. The van der Waals surface area contributed by atoms with Crippen LogP contribution in [0.2, 0.25) is 0 Å². The predicted octanol–water partition coefficient (Wildman–Crippen LogP) is 1.55. The Morgan fingerprint density at radius 3 is 2.57 bits per heavy atom. The van der Waals surface area contributed by atoms with E-state index in [1.165, 1.54) is 18.4 Å². The monoisotopic (exact) mass is 549 g/mol. The zero-order chi connectivity index (χ0) is 20.5. The maximum absolute atomic E-state index is 11.5. The molecule has 3 rings (SSSR count). The highest BCUT2D eigenvalue weighted by molar-refractivity contribution is 14.0. The van der Waals surface area contributed by atoms with Crippen molar-refractivity contribution >= 4 is 39.8 Å². The Morgan fingerprint density at radius 1 is 1.13 bits per heavy atom. The quantitative estimate of drug-likeness (QED) is 0.291. The maximum Gasteiger partial charge on any atom is 0.191 e. The van der Waals surface area contributed by atoms with E-state index in [1.54, 1.807) is 0 Å². The van der Waals surface area contributed by atoms with E-state index in [0.717, 1.165) is 45.2 Å². The van der Waals surface area contributed by atoms with Crippen LogP contribution in [0, 0.1) is 0 Å². The Hall–Kier alpha value is -0.910. The van der Waals surface area contributed by atoms with Crippen LogP contribution in [0.1, 0.15) is 25.3 Å². The minimum Gasteiger partial charge on any atom is -0.357 e. The largest absolute Gasteiger partial charge is 0.357 e. The smallest absolute Gasteiger partial charge is 0.191 e. The second kappa shape index (κ2) is 12.8. The molecule has 0 bridgehead atoms. The van der Waals surface area contributed by atoms with Gasteiger partial charge in [0.15, 0.2) is 15.8 Å². The van der Waals surface area contributed by atoms with Crippen LogP contribution in [0.15, 0.2) is 35.3 Å². The van der Waals surface area contributed by atoms with Gasteiger partial charge in [0.25, 0.3) is 0 Å². The second-order valence-corrected chi connectivity index (χ2v) is 10.2. The van der Waals surface area contributed by atoms with Crippen LogP contribution in [0.3, 0.4) is 0 Å². The molecule has 2 fully saturated rings. The predicted molar refractivity (Wildman–Crippen MR) is 134 cm³/mol. The van der Waals surface area contributed by atoms with E-state index in [0.29, 0.717) is 19.1 Å². The average molecular weight is 550 g/mol. The van der Waals surface area contributed by atoms with Crippen LogP contribution in [-0.2, 0) is 16.4 Å². The van der Waals surface area contributed by atoms with Gasteiger partial charge >= 0.3 is 0 Å². The molecule has 7 nitrogen and oxygen atoms in total. The lowest BCUT2D eigenvalue weighted by Crippen LogP contribution is -2.46. The lowest BCUT2D eigenvalue weighted by Gasteiger charge is -2.27. The van der Waals surface area contributed by atoms with Crippen LogP contribution in [-0.4, -0.2) is 87.5 Å². The molecular formula is C21H36IN5O2S. The van der Waals surface area contributed by atoms with Crippen LogP contribution < -0.4 is 10.6 Å². The van der Waals surface area contributed by atoms with Gasteiger partial charge in [-0.1, -0.05) is 30.3 Å². The fraction of sp³-hybridized carbons (Fsp3) is 0.667. The Balaban J connectivity index is 0.00000320. The molecule has 1 atom stereocenters. The first kappa shape index (κ1) is 25.4. The van der Waals surface area contributed by atoms with Crippen molar-refractivity contribution in [3.05, 3.63) is 35.9 Å². The number of sulfone groups is 1. The first-order valence-electron chi connectivity index (χ1n) is 10.8. The number of hydrogen-bond acceptors (Lipinski definition) is 5. The fourth-order valence-electron chi connectivity index (χ4n) is 3.97. The van der Waals surface area contributed by atoms with Crippen molar-refractivity contribution in [2.24, 2.45) is 4.99 Å². The van der Waals surface area contributed by atoms with Gasteiger partial charge in [0.2, 0.25) is 0 Å². The highest BCUT2D eigenvalue weighted by Gasteiger charge is 2.24. The lowest BCUT2D eigenvalue weighted by atomic mass is 10.2. The molecule has 1 unspecified atom stereocenters. The molecule has 2 aliphatic heterocycles. The van der Waals surface area contributed by atoms with Gasteiger partial charge in [0.1, 0.15) is 0 Å². The van der Waals surface area contributed by atoms with Gasteiger partial charge in [0, 0.05) is 45.3 Å². The first-order valence-corrected chi connectivity index (χ1v) is 12.6. The Morgan fingerprint density at radius 2 is 1.87 bits per heavy atom. The van der Waals surface area contributed by atoms with Gasteiger partial charge in [-0.3, -0.25) is 14.8 Å². The van der Waals surface area contributed by atoms with E-state index in [1.807, 2.05) is 0 Å². The summed E-state index contributed by atoms with van der Waals surface area (Å²) in [5.74, 6) is 1.41. The minimum atomic E-state index is -2.81. The highest BCUT2D eigenvalue weighted by atomic mass is 127. The summed E-state index contributed by atoms with van der Waals surface area (Å²) in [5.41, 5.74) is 1.36. The highest BCUT2D eigenvalue weighted by Crippen LogP contribution is 2.20. The summed E-state index contributed by atoms with van der Waals surface area (Å²) in [7, 11) is -2.81. The number of nitrogens with zero attached hydrogens (tertiary/aromatic N) is 3. The zero-order valence-corrected chi connectivity index (χ0v) is 21.1. The van der Waals surface area contributed by atoms with Crippen molar-refractivity contribution in [1.82, 2.24) is 20.4 Å². The van der Waals surface area contributed by atoms with E-state index in [4.69, 9.17) is 4.99 Å². The summed E-state index contributed by atoms with van der Waals surface area (Å²) in [4.78, 5) is 9.57. The number of benzene rings is 1. The Labute approximate surface area is 198 Å². The number of hydrogen-bond donors (Lipinski definition) is 2. The van der Waals surface area contributed by atoms with Crippen LogP contribution in [0.25, 0.3) is 0 Å². The molecule has 2 aliphatic rings. The molecule has 0 saturated carbocycles. The third-order valence-electron chi connectivity index (χ3n) is 5.69. The molecule has 0 radical (unpaired) electrons. The fourth-order valence-corrected chi connectivity index (χ4v) is 5.25. The van der Waals surface area contributed by atoms with E-state index >= 15 is 0 Å². The third kappa shape index (κ3) is 8.32. The Bertz CT molecular complexity index is 746. The van der Waals surface area contributed by atoms with Gasteiger partial charge in [-0.05, 0) is 31.9 Å². The van der Waals surface area contributed by atoms with E-state index < -0.39 is 9.84 Å². The summed E-state index contributed by atoms with van der Waals surface area (Å²) in [6.45, 7) is 8.69. The summed E-state index contributed by atoms with van der Waals surface area (Å²) in [6, 6.07) is 11.1. The Kier molecular flexibility index (Phi) is 10.8. The topological polar surface area (TPSA) is 77.0 Å². The number of rotatable bonds is 8. The van der Waals surface area contributed by atoms with Crippen molar-refractivity contribution in [2.75, 3.05) is 57.3 Å². The summed E-state index contributed by atoms with van der Waals surface area (Å²) in [6.07, 6.45) is 2.42. The van der Waals surface area contributed by atoms with Crippen LogP contribution >= 0.6 is 24.0 Å². The van der Waals surface area contributed by atoms with Gasteiger partial charge in [-0.25, -0.2) is 8.42 Å². The van der Waals surface area contributed by atoms with Crippen molar-refractivity contribution in [3.63, 3.8) is 0 Å². The molecule has 9 heteroatoms. The molecule has 1 aromatic rings. The number of guanidine groups is 1. The normalized spacial score (nSPS) is 22.4. The van der Waals surface area contributed by atoms with Gasteiger partial charge < -0.3 is 10.6 Å². The zero-order valence-electron chi connectivity index (χ0n) is 17.9. The van der Waals surface area contributed by atoms with E-state index in [9.17, 15) is 8.42 Å². The molecule has 1 aromatic carbocycles. The molecule has 2 saturated heterocycles. The van der Waals surface area contributed by atoms with Crippen molar-refractivity contribution in [3.8, 4) is 0 Å². The molecule has 0 aromatic heterocycles. The minimum absolute atomic E-state index is 0. The number of likely N-dealkylation sites (tertiary alicyclic amines) is 1. The molecular weight excluding hydrogens is 513 g/mol.